The van der Waals surface area contributed by atoms with E-state index in [9.17, 15) is 9.59 Å². The molecule has 0 unspecified atom stereocenters. The fourth-order valence-electron chi connectivity index (χ4n) is 1.15. The summed E-state index contributed by atoms with van der Waals surface area (Å²) in [5.41, 5.74) is 0. The van der Waals surface area contributed by atoms with Crippen molar-refractivity contribution in [3.8, 4) is 11.5 Å². The van der Waals surface area contributed by atoms with Crippen molar-refractivity contribution < 1.29 is 19.1 Å². The molecule has 2 rings (SSSR count). The number of benzene rings is 1. The Balaban J connectivity index is 0. The van der Waals surface area contributed by atoms with Crippen LogP contribution in [0.15, 0.2) is 48.6 Å². The normalized spacial score (nSPS) is 11.0. The smallest absolute Gasteiger partial charge is 0.178 e. The third-order valence-corrected chi connectivity index (χ3v) is 2.12. The van der Waals surface area contributed by atoms with Crippen LogP contribution < -0.4 is 9.47 Å². The highest BCUT2D eigenvalue weighted by molar-refractivity contribution is 6.14. The molecule has 0 heterocycles. The van der Waals surface area contributed by atoms with Gasteiger partial charge in [-0.05, 0) is 48.6 Å². The van der Waals surface area contributed by atoms with Crippen LogP contribution in [0.25, 0.3) is 0 Å². The molecule has 4 heteroatoms. The average Bonchev–Trinajstić information content (AvgIpc) is 2.61. The van der Waals surface area contributed by atoms with Crippen LogP contribution in [-0.4, -0.2) is 25.8 Å². The molecule has 0 amide bonds. The van der Waals surface area contributed by atoms with E-state index >= 15 is 0 Å². The van der Waals surface area contributed by atoms with Crippen LogP contribution in [0, 0.1) is 0 Å². The lowest BCUT2D eigenvalue weighted by Gasteiger charge is -2.00. The molecule has 0 aromatic heterocycles. The van der Waals surface area contributed by atoms with Gasteiger partial charge in [-0.2, -0.15) is 0 Å². The van der Waals surface area contributed by atoms with Crippen molar-refractivity contribution in [1.29, 1.82) is 0 Å². The predicted molar refractivity (Wildman–Crippen MR) is 90.5 cm³/mol. The van der Waals surface area contributed by atoms with Gasteiger partial charge in [-0.3, -0.25) is 9.59 Å². The van der Waals surface area contributed by atoms with Crippen molar-refractivity contribution in [2.45, 2.75) is 27.7 Å². The predicted octanol–water partition coefficient (Wildman–Crippen LogP) is 4.01. The Morgan fingerprint density at radius 1 is 0.591 bits per heavy atom. The maximum absolute atomic E-state index is 10.3. The first-order valence-corrected chi connectivity index (χ1v) is 7.28. The van der Waals surface area contributed by atoms with Gasteiger partial charge in [0.25, 0.3) is 0 Å². The standard InChI is InChI=1S/C8H10O2.C6H4O2.2C2H6/c1-9-7-3-5-8(10-2)6-4-7;7-5-1-2-6(8)4-3-5;2*1-2/h3-6H,1-2H3;1-4H;2*1-2H3. The van der Waals surface area contributed by atoms with E-state index in [1.165, 1.54) is 24.3 Å². The molecule has 0 bridgehead atoms. The topological polar surface area (TPSA) is 52.6 Å². The Labute approximate surface area is 133 Å². The van der Waals surface area contributed by atoms with Gasteiger partial charge in [0.05, 0.1) is 14.2 Å². The molecule has 0 spiro atoms. The number of ketones is 2. The van der Waals surface area contributed by atoms with E-state index in [-0.39, 0.29) is 11.6 Å². The Kier molecular flexibility index (Phi) is 15.0. The van der Waals surface area contributed by atoms with Gasteiger partial charge in [-0.25, -0.2) is 0 Å². The first kappa shape index (κ1) is 21.9. The number of ether oxygens (including phenoxy) is 2. The lowest BCUT2D eigenvalue weighted by atomic mass is 10.2. The molecule has 1 aliphatic carbocycles. The molecule has 0 saturated carbocycles. The first-order chi connectivity index (χ1) is 10.7. The summed E-state index contributed by atoms with van der Waals surface area (Å²) < 4.78 is 9.92. The molecule has 22 heavy (non-hydrogen) atoms. The molecule has 0 aliphatic heterocycles. The first-order valence-electron chi connectivity index (χ1n) is 7.28. The summed E-state index contributed by atoms with van der Waals surface area (Å²) in [6.45, 7) is 8.00. The van der Waals surface area contributed by atoms with Gasteiger partial charge in [0.15, 0.2) is 11.6 Å². The van der Waals surface area contributed by atoms with E-state index in [2.05, 4.69) is 0 Å². The maximum atomic E-state index is 10.3. The third-order valence-electron chi connectivity index (χ3n) is 2.12. The van der Waals surface area contributed by atoms with Gasteiger partial charge in [0, 0.05) is 0 Å². The van der Waals surface area contributed by atoms with Crippen molar-refractivity contribution in [2.75, 3.05) is 14.2 Å². The lowest BCUT2D eigenvalue weighted by Crippen LogP contribution is -1.97. The molecule has 1 aromatic carbocycles. The van der Waals surface area contributed by atoms with E-state index in [4.69, 9.17) is 9.47 Å². The molecule has 0 N–H and O–H groups in total. The monoisotopic (exact) mass is 306 g/mol. The molecule has 122 valence electrons. The second-order valence-corrected chi connectivity index (χ2v) is 3.35. The Morgan fingerprint density at radius 3 is 1.00 bits per heavy atom. The maximum Gasteiger partial charge on any atom is 0.178 e. The number of rotatable bonds is 2. The highest BCUT2D eigenvalue weighted by Crippen LogP contribution is 2.15. The summed E-state index contributed by atoms with van der Waals surface area (Å²) in [6.07, 6.45) is 5.01. The minimum atomic E-state index is -0.121. The van der Waals surface area contributed by atoms with E-state index in [0.717, 1.165) is 11.5 Å². The zero-order valence-corrected chi connectivity index (χ0v) is 14.3. The second kappa shape index (κ2) is 15.0. The summed E-state index contributed by atoms with van der Waals surface area (Å²) in [6, 6.07) is 7.44. The van der Waals surface area contributed by atoms with Crippen LogP contribution in [0.5, 0.6) is 11.5 Å². The highest BCUT2D eigenvalue weighted by atomic mass is 16.5. The van der Waals surface area contributed by atoms with Crippen LogP contribution >= 0.6 is 0 Å². The third kappa shape index (κ3) is 10.4. The van der Waals surface area contributed by atoms with Crippen molar-refractivity contribution in [2.24, 2.45) is 0 Å². The number of hydrogen-bond donors (Lipinski definition) is 0. The van der Waals surface area contributed by atoms with Gasteiger partial charge in [0.1, 0.15) is 11.5 Å². The second-order valence-electron chi connectivity index (χ2n) is 3.35. The van der Waals surface area contributed by atoms with Gasteiger partial charge in [-0.1, -0.05) is 27.7 Å². The number of carbonyl (C=O) groups is 2. The van der Waals surface area contributed by atoms with Crippen molar-refractivity contribution in [1.82, 2.24) is 0 Å². The molecule has 0 fully saturated rings. The summed E-state index contributed by atoms with van der Waals surface area (Å²) in [7, 11) is 3.28. The molecule has 0 radical (unpaired) electrons. The Morgan fingerprint density at radius 2 is 0.818 bits per heavy atom. The largest absolute Gasteiger partial charge is 0.497 e. The van der Waals surface area contributed by atoms with Gasteiger partial charge >= 0.3 is 0 Å². The van der Waals surface area contributed by atoms with Crippen LogP contribution in [0.3, 0.4) is 0 Å². The van der Waals surface area contributed by atoms with E-state index in [1.807, 2.05) is 52.0 Å². The summed E-state index contributed by atoms with van der Waals surface area (Å²) in [5, 5.41) is 0. The number of methoxy groups -OCH3 is 2. The number of hydrogen-bond acceptors (Lipinski definition) is 4. The molecule has 0 saturated heterocycles. The molecular weight excluding hydrogens is 280 g/mol. The van der Waals surface area contributed by atoms with E-state index < -0.39 is 0 Å². The summed E-state index contributed by atoms with van der Waals surface area (Å²) in [4.78, 5) is 20.6. The van der Waals surface area contributed by atoms with Crippen molar-refractivity contribution >= 4 is 11.6 Å². The number of carbonyl (C=O) groups excluding carboxylic acids is 2. The Bertz CT molecular complexity index is 409. The SMILES string of the molecule is CC.CC.COc1ccc(OC)cc1.O=C1C=CC(=O)C=C1. The van der Waals surface area contributed by atoms with Crippen LogP contribution in [-0.2, 0) is 9.59 Å². The number of allylic oxidation sites excluding steroid dienone is 4. The van der Waals surface area contributed by atoms with Gasteiger partial charge in [0.2, 0.25) is 0 Å². The zero-order valence-electron chi connectivity index (χ0n) is 14.3. The highest BCUT2D eigenvalue weighted by Gasteiger charge is 1.97. The minimum Gasteiger partial charge on any atom is -0.497 e. The van der Waals surface area contributed by atoms with Crippen molar-refractivity contribution in [3.05, 3.63) is 48.6 Å². The molecule has 4 nitrogen and oxygen atoms in total. The quantitative estimate of drug-likeness (QED) is 0.775. The summed E-state index contributed by atoms with van der Waals surface area (Å²) >= 11 is 0. The molecular formula is C18H26O4. The molecule has 0 atom stereocenters. The fraction of sp³-hybridized carbons (Fsp3) is 0.333. The van der Waals surface area contributed by atoms with Crippen LogP contribution in [0.2, 0.25) is 0 Å². The van der Waals surface area contributed by atoms with Crippen LogP contribution in [0.1, 0.15) is 27.7 Å². The van der Waals surface area contributed by atoms with Gasteiger partial charge in [-0.15, -0.1) is 0 Å². The Hall–Kier alpha value is -2.36. The molecule has 1 aliphatic rings. The average molecular weight is 306 g/mol. The van der Waals surface area contributed by atoms with Crippen molar-refractivity contribution in [3.63, 3.8) is 0 Å². The molecule has 1 aromatic rings. The van der Waals surface area contributed by atoms with Crippen LogP contribution in [0.4, 0.5) is 0 Å². The van der Waals surface area contributed by atoms with E-state index in [0.29, 0.717) is 0 Å². The summed E-state index contributed by atoms with van der Waals surface area (Å²) in [5.74, 6) is 1.45. The van der Waals surface area contributed by atoms with E-state index in [1.54, 1.807) is 14.2 Å². The zero-order chi connectivity index (χ0) is 17.4. The lowest BCUT2D eigenvalue weighted by molar-refractivity contribution is -0.113. The van der Waals surface area contributed by atoms with Gasteiger partial charge < -0.3 is 9.47 Å². The fourth-order valence-corrected chi connectivity index (χ4v) is 1.15. The minimum absolute atomic E-state index is 0.121.